The van der Waals surface area contributed by atoms with E-state index in [1.165, 1.54) is 19.3 Å². The van der Waals surface area contributed by atoms with Gasteiger partial charge in [0.25, 0.3) is 11.8 Å². The summed E-state index contributed by atoms with van der Waals surface area (Å²) >= 11 is 0. The number of para-hydroxylation sites is 1. The molecule has 31 heavy (non-hydrogen) atoms. The third-order valence-electron chi connectivity index (χ3n) is 6.64. The maximum absolute atomic E-state index is 13.8. The molecule has 2 unspecified atom stereocenters. The van der Waals surface area contributed by atoms with Crippen LogP contribution < -0.4 is 4.74 Å². The van der Waals surface area contributed by atoms with E-state index in [0.717, 1.165) is 25.7 Å². The Morgan fingerprint density at radius 1 is 0.903 bits per heavy atom. The first-order chi connectivity index (χ1) is 15.0. The Hall–Kier alpha value is -2.34. The largest absolute Gasteiger partial charge is 0.496 e. The van der Waals surface area contributed by atoms with Gasteiger partial charge in [0, 0.05) is 24.7 Å². The fourth-order valence-electron chi connectivity index (χ4n) is 5.31. The zero-order valence-corrected chi connectivity index (χ0v) is 18.9. The molecule has 1 saturated heterocycles. The Bertz CT molecular complexity index is 847. The zero-order chi connectivity index (χ0) is 22.0. The van der Waals surface area contributed by atoms with E-state index in [1.807, 2.05) is 38.1 Å². The normalized spacial score (nSPS) is 26.3. The summed E-state index contributed by atoms with van der Waals surface area (Å²) in [5, 5.41) is 0. The number of carbonyl (C=O) groups excluding carboxylic acids is 2. The third-order valence-corrected chi connectivity index (χ3v) is 6.64. The molecule has 1 aromatic rings. The van der Waals surface area contributed by atoms with Gasteiger partial charge in [-0.15, -0.1) is 0 Å². The van der Waals surface area contributed by atoms with E-state index >= 15 is 0 Å². The van der Waals surface area contributed by atoms with Crippen molar-refractivity contribution in [1.82, 2.24) is 9.80 Å². The van der Waals surface area contributed by atoms with Crippen LogP contribution in [-0.4, -0.2) is 60.1 Å². The molecule has 0 N–H and O–H groups in total. The number of benzene rings is 1. The standard InChI is InChI=1S/C25H34N2O4/c1-17-15-26(16-18(2)31-17)23-22(20-13-9-10-14-21(20)30-3)24(28)27(25(23)29)19-11-7-5-4-6-8-12-19/h9-10,13-14,17-19H,4-8,11-12,15-16H2,1-3H3. The molecule has 2 fully saturated rings. The highest BCUT2D eigenvalue weighted by molar-refractivity contribution is 6.36. The van der Waals surface area contributed by atoms with Crippen LogP contribution in [0.3, 0.4) is 0 Å². The molecule has 2 aliphatic heterocycles. The topological polar surface area (TPSA) is 59.1 Å². The molecule has 0 radical (unpaired) electrons. The highest BCUT2D eigenvalue weighted by atomic mass is 16.5. The summed E-state index contributed by atoms with van der Waals surface area (Å²) in [6.45, 7) is 5.21. The van der Waals surface area contributed by atoms with Gasteiger partial charge in [-0.3, -0.25) is 14.5 Å². The predicted octanol–water partition coefficient (Wildman–Crippen LogP) is 4.00. The molecule has 6 nitrogen and oxygen atoms in total. The Labute approximate surface area is 185 Å². The van der Waals surface area contributed by atoms with Gasteiger partial charge in [-0.25, -0.2) is 0 Å². The second-order valence-electron chi connectivity index (χ2n) is 9.07. The molecule has 1 aromatic carbocycles. The first-order valence-electron chi connectivity index (χ1n) is 11.7. The van der Waals surface area contributed by atoms with Crippen molar-refractivity contribution in [2.75, 3.05) is 20.2 Å². The van der Waals surface area contributed by atoms with E-state index in [2.05, 4.69) is 4.90 Å². The Balaban J connectivity index is 1.77. The first-order valence-corrected chi connectivity index (χ1v) is 11.7. The number of hydrogen-bond acceptors (Lipinski definition) is 5. The molecule has 168 valence electrons. The average Bonchev–Trinajstić information content (AvgIpc) is 2.97. The van der Waals surface area contributed by atoms with Crippen LogP contribution >= 0.6 is 0 Å². The van der Waals surface area contributed by atoms with Crippen molar-refractivity contribution in [2.45, 2.75) is 77.0 Å². The number of methoxy groups -OCH3 is 1. The lowest BCUT2D eigenvalue weighted by Gasteiger charge is -2.37. The van der Waals surface area contributed by atoms with Crippen molar-refractivity contribution in [2.24, 2.45) is 0 Å². The smallest absolute Gasteiger partial charge is 0.278 e. The number of rotatable bonds is 4. The quantitative estimate of drug-likeness (QED) is 0.681. The van der Waals surface area contributed by atoms with Gasteiger partial charge in [0.2, 0.25) is 0 Å². The number of imide groups is 1. The highest BCUT2D eigenvalue weighted by Crippen LogP contribution is 2.39. The molecule has 2 heterocycles. The van der Waals surface area contributed by atoms with Gasteiger partial charge >= 0.3 is 0 Å². The maximum atomic E-state index is 13.8. The van der Waals surface area contributed by atoms with Crippen LogP contribution in [-0.2, 0) is 14.3 Å². The van der Waals surface area contributed by atoms with Gasteiger partial charge in [-0.1, -0.05) is 50.3 Å². The Morgan fingerprint density at radius 2 is 1.52 bits per heavy atom. The minimum absolute atomic E-state index is 0.00601. The fraction of sp³-hybridized carbons (Fsp3) is 0.600. The van der Waals surface area contributed by atoms with E-state index < -0.39 is 0 Å². The average molecular weight is 427 g/mol. The number of carbonyl (C=O) groups is 2. The van der Waals surface area contributed by atoms with Gasteiger partial charge in [-0.05, 0) is 32.8 Å². The minimum Gasteiger partial charge on any atom is -0.496 e. The fourth-order valence-corrected chi connectivity index (χ4v) is 5.31. The van der Waals surface area contributed by atoms with Crippen LogP contribution in [0.5, 0.6) is 5.75 Å². The number of morpholine rings is 1. The summed E-state index contributed by atoms with van der Waals surface area (Å²) in [5.74, 6) is 0.282. The summed E-state index contributed by atoms with van der Waals surface area (Å²) in [5.41, 5.74) is 1.68. The van der Waals surface area contributed by atoms with Crippen LogP contribution in [0, 0.1) is 0 Å². The van der Waals surface area contributed by atoms with Crippen molar-refractivity contribution in [3.8, 4) is 5.75 Å². The van der Waals surface area contributed by atoms with Crippen molar-refractivity contribution < 1.29 is 19.1 Å². The molecule has 2 amide bonds. The van der Waals surface area contributed by atoms with E-state index in [4.69, 9.17) is 9.47 Å². The van der Waals surface area contributed by atoms with Crippen molar-refractivity contribution in [3.05, 3.63) is 35.5 Å². The lowest BCUT2D eigenvalue weighted by atomic mass is 9.95. The summed E-state index contributed by atoms with van der Waals surface area (Å²) < 4.78 is 11.5. The van der Waals surface area contributed by atoms with Gasteiger partial charge < -0.3 is 14.4 Å². The van der Waals surface area contributed by atoms with E-state index in [9.17, 15) is 9.59 Å². The van der Waals surface area contributed by atoms with Crippen LogP contribution in [0.1, 0.15) is 64.4 Å². The Morgan fingerprint density at radius 3 is 2.16 bits per heavy atom. The number of ether oxygens (including phenoxy) is 2. The van der Waals surface area contributed by atoms with Crippen molar-refractivity contribution >= 4 is 17.4 Å². The molecule has 1 aliphatic carbocycles. The summed E-state index contributed by atoms with van der Waals surface area (Å²) in [6.07, 6.45) is 7.48. The van der Waals surface area contributed by atoms with Crippen LogP contribution in [0.15, 0.2) is 30.0 Å². The van der Waals surface area contributed by atoms with E-state index in [0.29, 0.717) is 35.7 Å². The summed E-state index contributed by atoms with van der Waals surface area (Å²) in [6, 6.07) is 7.48. The lowest BCUT2D eigenvalue weighted by molar-refractivity contribution is -0.141. The van der Waals surface area contributed by atoms with Gasteiger partial charge in [0.15, 0.2) is 0 Å². The number of amides is 2. The predicted molar refractivity (Wildman–Crippen MR) is 119 cm³/mol. The van der Waals surface area contributed by atoms with E-state index in [1.54, 1.807) is 12.0 Å². The van der Waals surface area contributed by atoms with Crippen molar-refractivity contribution in [1.29, 1.82) is 0 Å². The third kappa shape index (κ3) is 4.36. The molecule has 2 atom stereocenters. The first kappa shape index (κ1) is 21.9. The monoisotopic (exact) mass is 426 g/mol. The van der Waals surface area contributed by atoms with E-state index in [-0.39, 0.29) is 30.1 Å². The molecular weight excluding hydrogens is 392 g/mol. The zero-order valence-electron chi connectivity index (χ0n) is 18.9. The van der Waals surface area contributed by atoms with Gasteiger partial charge in [0.1, 0.15) is 11.4 Å². The summed E-state index contributed by atoms with van der Waals surface area (Å²) in [7, 11) is 1.60. The SMILES string of the molecule is COc1ccccc1C1=C(N2CC(C)OC(C)C2)C(=O)N(C2CCCCCCC2)C1=O. The van der Waals surface area contributed by atoms with Gasteiger partial charge in [-0.2, -0.15) is 0 Å². The van der Waals surface area contributed by atoms with Crippen LogP contribution in [0.4, 0.5) is 0 Å². The molecule has 0 aromatic heterocycles. The number of nitrogens with zero attached hydrogens (tertiary/aromatic N) is 2. The van der Waals surface area contributed by atoms with Crippen LogP contribution in [0.25, 0.3) is 5.57 Å². The second-order valence-corrected chi connectivity index (χ2v) is 9.07. The van der Waals surface area contributed by atoms with Crippen molar-refractivity contribution in [3.63, 3.8) is 0 Å². The molecular formula is C25H34N2O4. The molecule has 1 saturated carbocycles. The molecule has 3 aliphatic rings. The molecule has 6 heteroatoms. The van der Waals surface area contributed by atoms with Gasteiger partial charge in [0.05, 0.1) is 24.9 Å². The Kier molecular flexibility index (Phi) is 6.65. The molecule has 0 spiro atoms. The second kappa shape index (κ2) is 9.43. The van der Waals surface area contributed by atoms with Crippen LogP contribution in [0.2, 0.25) is 0 Å². The maximum Gasteiger partial charge on any atom is 0.278 e. The molecule has 4 rings (SSSR count). The lowest BCUT2D eigenvalue weighted by Crippen LogP contribution is -2.48. The summed E-state index contributed by atoms with van der Waals surface area (Å²) in [4.78, 5) is 31.3. The highest BCUT2D eigenvalue weighted by Gasteiger charge is 2.46. The number of hydrogen-bond donors (Lipinski definition) is 0. The molecule has 0 bridgehead atoms. The minimum atomic E-state index is -0.179.